The van der Waals surface area contributed by atoms with E-state index in [2.05, 4.69) is 10.2 Å². The average Bonchev–Trinajstić information content (AvgIpc) is 3.12. The van der Waals surface area contributed by atoms with Gasteiger partial charge in [0.2, 0.25) is 0 Å². The van der Waals surface area contributed by atoms with Gasteiger partial charge in [-0.2, -0.15) is 0 Å². The number of methoxy groups -OCH3 is 1. The van der Waals surface area contributed by atoms with Gasteiger partial charge in [-0.1, -0.05) is 12.1 Å². The van der Waals surface area contributed by atoms with Crippen LogP contribution in [0.3, 0.4) is 0 Å². The zero-order chi connectivity index (χ0) is 24.2. The highest BCUT2D eigenvalue weighted by Crippen LogP contribution is 2.40. The second-order valence-corrected chi connectivity index (χ2v) is 8.16. The lowest BCUT2D eigenvalue weighted by atomic mass is 9.95. The number of ketones is 1. The number of non-ortho nitro benzene ring substituents is 1. The molecule has 0 aliphatic carbocycles. The van der Waals surface area contributed by atoms with Crippen molar-refractivity contribution in [3.05, 3.63) is 75.3 Å². The van der Waals surface area contributed by atoms with Crippen LogP contribution in [-0.4, -0.2) is 77.9 Å². The van der Waals surface area contributed by atoms with Crippen molar-refractivity contribution in [3.63, 3.8) is 0 Å². The highest BCUT2D eigenvalue weighted by molar-refractivity contribution is 6.46. The Bertz CT molecular complexity index is 1120. The molecule has 2 aliphatic rings. The number of hydrogen-bond donors (Lipinski definition) is 2. The first-order valence-electron chi connectivity index (χ1n) is 11.0. The Hall–Kier alpha value is -3.76. The Morgan fingerprint density at radius 3 is 2.50 bits per heavy atom. The van der Waals surface area contributed by atoms with E-state index in [1.807, 2.05) is 0 Å². The number of ether oxygens (including phenoxy) is 1. The van der Waals surface area contributed by atoms with Gasteiger partial charge < -0.3 is 20.1 Å². The van der Waals surface area contributed by atoms with Crippen molar-refractivity contribution in [2.24, 2.45) is 0 Å². The molecule has 0 saturated carbocycles. The molecule has 2 aliphatic heterocycles. The quantitative estimate of drug-likeness (QED) is 0.209. The number of nitrogens with zero attached hydrogens (tertiary/aromatic N) is 3. The van der Waals surface area contributed by atoms with Crippen LogP contribution in [0.2, 0.25) is 0 Å². The van der Waals surface area contributed by atoms with Gasteiger partial charge in [0, 0.05) is 57.0 Å². The molecule has 2 aromatic rings. The lowest BCUT2D eigenvalue weighted by Crippen LogP contribution is -2.46. The van der Waals surface area contributed by atoms with Gasteiger partial charge in [-0.3, -0.25) is 24.6 Å². The zero-order valence-electron chi connectivity index (χ0n) is 18.8. The van der Waals surface area contributed by atoms with Crippen LogP contribution in [0.1, 0.15) is 17.2 Å². The summed E-state index contributed by atoms with van der Waals surface area (Å²) in [5.41, 5.74) is 0.491. The molecule has 1 amide bonds. The number of benzene rings is 2. The summed E-state index contributed by atoms with van der Waals surface area (Å²) in [6.45, 7) is 4.10. The molecule has 2 aromatic carbocycles. The predicted molar refractivity (Wildman–Crippen MR) is 124 cm³/mol. The Labute approximate surface area is 196 Å². The molecule has 2 heterocycles. The number of hydrogen-bond acceptors (Lipinski definition) is 8. The number of piperazine rings is 1. The minimum atomic E-state index is -0.940. The fourth-order valence-corrected chi connectivity index (χ4v) is 4.35. The van der Waals surface area contributed by atoms with Crippen LogP contribution in [0, 0.1) is 10.1 Å². The summed E-state index contributed by atoms with van der Waals surface area (Å²) in [6, 6.07) is 11.3. The number of nitrogens with one attached hydrogen (secondary N) is 1. The Kier molecular flexibility index (Phi) is 6.90. The lowest BCUT2D eigenvalue weighted by molar-refractivity contribution is -0.384. The normalized spacial score (nSPS) is 20.5. The molecular weight excluding hydrogens is 440 g/mol. The summed E-state index contributed by atoms with van der Waals surface area (Å²) < 4.78 is 5.15. The van der Waals surface area contributed by atoms with Crippen LogP contribution in [0.25, 0.3) is 5.76 Å². The summed E-state index contributed by atoms with van der Waals surface area (Å²) in [5, 5.41) is 25.8. The van der Waals surface area contributed by atoms with Crippen molar-refractivity contribution >= 4 is 23.1 Å². The van der Waals surface area contributed by atoms with E-state index < -0.39 is 22.7 Å². The second kappa shape index (κ2) is 10.0. The molecular formula is C24H26N4O6. The molecule has 178 valence electrons. The first-order valence-corrected chi connectivity index (χ1v) is 11.0. The molecule has 34 heavy (non-hydrogen) atoms. The van der Waals surface area contributed by atoms with E-state index in [4.69, 9.17) is 4.74 Å². The fourth-order valence-electron chi connectivity index (χ4n) is 4.35. The maximum absolute atomic E-state index is 13.1. The number of aliphatic hydroxyl groups excluding tert-OH is 1. The van der Waals surface area contributed by atoms with Crippen LogP contribution >= 0.6 is 0 Å². The van der Waals surface area contributed by atoms with E-state index in [0.29, 0.717) is 23.4 Å². The van der Waals surface area contributed by atoms with E-state index in [9.17, 15) is 24.8 Å². The van der Waals surface area contributed by atoms with E-state index in [0.717, 1.165) is 26.2 Å². The number of carbonyl (C=O) groups is 2. The Morgan fingerprint density at radius 2 is 1.85 bits per heavy atom. The maximum atomic E-state index is 13.1. The van der Waals surface area contributed by atoms with Crippen LogP contribution in [-0.2, 0) is 9.59 Å². The molecule has 1 atom stereocenters. The molecule has 0 spiro atoms. The van der Waals surface area contributed by atoms with Crippen molar-refractivity contribution in [1.29, 1.82) is 0 Å². The largest absolute Gasteiger partial charge is 0.507 e. The number of Topliss-reactive ketones (excluding diaryl/α,β-unsaturated/α-hetero) is 1. The molecule has 10 nitrogen and oxygen atoms in total. The third-order valence-corrected chi connectivity index (χ3v) is 6.17. The molecule has 2 N–H and O–H groups in total. The SMILES string of the molecule is COc1ccc(C(O)=C2C(=O)C(=O)N(CCN3CCNCC3)[C@H]2c2cccc([N+](=O)[O-])c2)cc1. The van der Waals surface area contributed by atoms with Gasteiger partial charge in [0.05, 0.1) is 23.6 Å². The van der Waals surface area contributed by atoms with Gasteiger partial charge in [-0.05, 0) is 29.8 Å². The number of likely N-dealkylation sites (tertiary alicyclic amines) is 1. The van der Waals surface area contributed by atoms with Crippen molar-refractivity contribution in [2.75, 3.05) is 46.4 Å². The van der Waals surface area contributed by atoms with Crippen molar-refractivity contribution in [3.8, 4) is 5.75 Å². The van der Waals surface area contributed by atoms with Gasteiger partial charge in [0.25, 0.3) is 17.4 Å². The third-order valence-electron chi connectivity index (χ3n) is 6.17. The van der Waals surface area contributed by atoms with E-state index in [1.165, 1.54) is 30.2 Å². The third kappa shape index (κ3) is 4.63. The van der Waals surface area contributed by atoms with E-state index in [-0.39, 0.29) is 23.6 Å². The highest BCUT2D eigenvalue weighted by Gasteiger charge is 2.46. The summed E-state index contributed by atoms with van der Waals surface area (Å²) in [5.74, 6) is -1.31. The number of rotatable bonds is 7. The first-order chi connectivity index (χ1) is 16.4. The van der Waals surface area contributed by atoms with E-state index in [1.54, 1.807) is 30.3 Å². The fraction of sp³-hybridized carbons (Fsp3) is 0.333. The minimum Gasteiger partial charge on any atom is -0.507 e. The topological polar surface area (TPSA) is 125 Å². The first kappa shape index (κ1) is 23.4. The molecule has 0 radical (unpaired) electrons. The minimum absolute atomic E-state index is 0.0871. The number of carbonyl (C=O) groups excluding carboxylic acids is 2. The lowest BCUT2D eigenvalue weighted by Gasteiger charge is -2.31. The van der Waals surface area contributed by atoms with Crippen LogP contribution in [0.5, 0.6) is 5.75 Å². The van der Waals surface area contributed by atoms with Crippen molar-refractivity contribution in [1.82, 2.24) is 15.1 Å². The van der Waals surface area contributed by atoms with Gasteiger partial charge in [-0.25, -0.2) is 0 Å². The Balaban J connectivity index is 1.76. The maximum Gasteiger partial charge on any atom is 0.295 e. The molecule has 2 saturated heterocycles. The van der Waals surface area contributed by atoms with E-state index >= 15 is 0 Å². The van der Waals surface area contributed by atoms with Gasteiger partial charge in [-0.15, -0.1) is 0 Å². The average molecular weight is 466 g/mol. The molecule has 10 heteroatoms. The van der Waals surface area contributed by atoms with Crippen molar-refractivity contribution in [2.45, 2.75) is 6.04 Å². The standard InChI is InChI=1S/C24H26N4O6/c1-34-19-7-5-16(6-8-19)22(29)20-21(17-3-2-4-18(15-17)28(32)33)27(24(31)23(20)30)14-13-26-11-9-25-10-12-26/h2-8,15,21,25,29H,9-14H2,1H3/t21-/m0/s1. The van der Waals surface area contributed by atoms with Crippen LogP contribution in [0.15, 0.2) is 54.1 Å². The van der Waals surface area contributed by atoms with Crippen molar-refractivity contribution < 1.29 is 24.4 Å². The molecule has 4 rings (SSSR count). The number of amides is 1. The highest BCUT2D eigenvalue weighted by atomic mass is 16.6. The molecule has 0 unspecified atom stereocenters. The smallest absolute Gasteiger partial charge is 0.295 e. The number of nitro benzene ring substituents is 1. The summed E-state index contributed by atoms with van der Waals surface area (Å²) in [7, 11) is 1.51. The van der Waals surface area contributed by atoms with Crippen LogP contribution < -0.4 is 10.1 Å². The zero-order valence-corrected chi connectivity index (χ0v) is 18.8. The summed E-state index contributed by atoms with van der Waals surface area (Å²) >= 11 is 0. The molecule has 2 fully saturated rings. The summed E-state index contributed by atoms with van der Waals surface area (Å²) in [4.78, 5) is 40.6. The Morgan fingerprint density at radius 1 is 1.15 bits per heavy atom. The monoisotopic (exact) mass is 466 g/mol. The molecule has 0 aromatic heterocycles. The van der Waals surface area contributed by atoms with Gasteiger partial charge in [0.15, 0.2) is 0 Å². The summed E-state index contributed by atoms with van der Waals surface area (Å²) in [6.07, 6.45) is 0. The number of nitro groups is 1. The van der Waals surface area contributed by atoms with Crippen LogP contribution in [0.4, 0.5) is 5.69 Å². The second-order valence-electron chi connectivity index (χ2n) is 8.16. The van der Waals surface area contributed by atoms with Gasteiger partial charge >= 0.3 is 0 Å². The molecule has 0 bridgehead atoms. The number of aliphatic hydroxyl groups is 1. The van der Waals surface area contributed by atoms with Gasteiger partial charge in [0.1, 0.15) is 11.5 Å². The predicted octanol–water partition coefficient (Wildman–Crippen LogP) is 1.93.